The van der Waals surface area contributed by atoms with E-state index in [0.29, 0.717) is 17.3 Å². The van der Waals surface area contributed by atoms with Crippen LogP contribution in [0.25, 0.3) is 0 Å². The molecule has 6 nitrogen and oxygen atoms in total. The number of carbonyl (C=O) groups excluding carboxylic acids is 1. The highest BCUT2D eigenvalue weighted by molar-refractivity contribution is 6.31. The number of nitrogens with zero attached hydrogens (tertiary/aromatic N) is 3. The summed E-state index contributed by atoms with van der Waals surface area (Å²) >= 11 is 6.03. The largest absolute Gasteiger partial charge is 0.350 e. The van der Waals surface area contributed by atoms with Crippen molar-refractivity contribution in [3.8, 4) is 0 Å². The Hall–Kier alpha value is -1.92. The van der Waals surface area contributed by atoms with Gasteiger partial charge in [-0.05, 0) is 25.5 Å². The van der Waals surface area contributed by atoms with Gasteiger partial charge in [-0.15, -0.1) is 5.10 Å². The maximum atomic E-state index is 11.9. The minimum Gasteiger partial charge on any atom is -0.350 e. The summed E-state index contributed by atoms with van der Waals surface area (Å²) in [4.78, 5) is 11.9. The standard InChI is InChI=1S/C14H18ClN5O/c1-14(2,16)12-8-20(19-18-12)9-13(21)17-7-10-5-3-4-6-11(10)15/h3-6,8H,7,9,16H2,1-2H3,(H,17,21). The molecule has 0 spiro atoms. The highest BCUT2D eigenvalue weighted by Gasteiger charge is 2.18. The van der Waals surface area contributed by atoms with Crippen LogP contribution >= 0.6 is 11.6 Å². The zero-order chi connectivity index (χ0) is 15.5. The number of aromatic nitrogens is 3. The third-order valence-electron chi connectivity index (χ3n) is 2.94. The van der Waals surface area contributed by atoms with E-state index in [1.807, 2.05) is 32.0 Å². The van der Waals surface area contributed by atoms with Crippen LogP contribution in [0.2, 0.25) is 5.02 Å². The summed E-state index contributed by atoms with van der Waals surface area (Å²) in [6, 6.07) is 7.38. The summed E-state index contributed by atoms with van der Waals surface area (Å²) in [6.07, 6.45) is 1.68. The Morgan fingerprint density at radius 2 is 2.14 bits per heavy atom. The first-order chi connectivity index (χ1) is 9.86. The zero-order valence-corrected chi connectivity index (χ0v) is 12.8. The summed E-state index contributed by atoms with van der Waals surface area (Å²) in [5.74, 6) is -0.166. The lowest BCUT2D eigenvalue weighted by Gasteiger charge is -2.13. The van der Waals surface area contributed by atoms with Gasteiger partial charge in [-0.2, -0.15) is 0 Å². The third-order valence-corrected chi connectivity index (χ3v) is 3.31. The van der Waals surface area contributed by atoms with Gasteiger partial charge in [-0.3, -0.25) is 4.79 Å². The third kappa shape index (κ3) is 4.27. The molecule has 2 aromatic rings. The minimum absolute atomic E-state index is 0.0908. The molecule has 0 radical (unpaired) electrons. The van der Waals surface area contributed by atoms with E-state index in [4.69, 9.17) is 17.3 Å². The molecule has 1 aromatic heterocycles. The summed E-state index contributed by atoms with van der Waals surface area (Å²) in [6.45, 7) is 4.13. The quantitative estimate of drug-likeness (QED) is 0.875. The fraction of sp³-hybridized carbons (Fsp3) is 0.357. The van der Waals surface area contributed by atoms with Crippen LogP contribution in [0.15, 0.2) is 30.5 Å². The molecule has 0 unspecified atom stereocenters. The van der Waals surface area contributed by atoms with Crippen molar-refractivity contribution in [3.63, 3.8) is 0 Å². The van der Waals surface area contributed by atoms with Gasteiger partial charge in [0.1, 0.15) is 12.2 Å². The van der Waals surface area contributed by atoms with Gasteiger partial charge in [0.15, 0.2) is 0 Å². The van der Waals surface area contributed by atoms with Crippen molar-refractivity contribution in [2.24, 2.45) is 5.73 Å². The van der Waals surface area contributed by atoms with Gasteiger partial charge in [0, 0.05) is 11.6 Å². The summed E-state index contributed by atoms with van der Waals surface area (Å²) < 4.78 is 1.46. The monoisotopic (exact) mass is 307 g/mol. The van der Waals surface area contributed by atoms with Crippen LogP contribution in [-0.4, -0.2) is 20.9 Å². The Balaban J connectivity index is 1.90. The van der Waals surface area contributed by atoms with Crippen LogP contribution in [0.4, 0.5) is 0 Å². The van der Waals surface area contributed by atoms with E-state index in [1.165, 1.54) is 4.68 Å². The molecule has 3 N–H and O–H groups in total. The Kier molecular flexibility index (Phi) is 4.59. The first-order valence-electron chi connectivity index (χ1n) is 6.56. The molecule has 2 rings (SSSR count). The van der Waals surface area contributed by atoms with Gasteiger partial charge in [0.2, 0.25) is 5.91 Å². The molecule has 0 aliphatic rings. The molecule has 112 valence electrons. The average Bonchev–Trinajstić information content (AvgIpc) is 2.86. The maximum absolute atomic E-state index is 11.9. The molecule has 0 aliphatic heterocycles. The van der Waals surface area contributed by atoms with Crippen molar-refractivity contribution in [2.45, 2.75) is 32.5 Å². The van der Waals surface area contributed by atoms with Crippen molar-refractivity contribution in [1.29, 1.82) is 0 Å². The molecular weight excluding hydrogens is 290 g/mol. The van der Waals surface area contributed by atoms with Crippen molar-refractivity contribution in [2.75, 3.05) is 0 Å². The van der Waals surface area contributed by atoms with Crippen LogP contribution in [0.5, 0.6) is 0 Å². The van der Waals surface area contributed by atoms with Crippen LogP contribution in [0.3, 0.4) is 0 Å². The van der Waals surface area contributed by atoms with E-state index in [9.17, 15) is 4.79 Å². The van der Waals surface area contributed by atoms with E-state index in [-0.39, 0.29) is 12.5 Å². The zero-order valence-electron chi connectivity index (χ0n) is 12.0. The van der Waals surface area contributed by atoms with E-state index in [1.54, 1.807) is 12.3 Å². The molecule has 1 aromatic carbocycles. The number of hydrogen-bond acceptors (Lipinski definition) is 4. The molecular formula is C14H18ClN5O. The fourth-order valence-electron chi connectivity index (χ4n) is 1.71. The number of nitrogens with one attached hydrogen (secondary N) is 1. The lowest BCUT2D eigenvalue weighted by Crippen LogP contribution is -2.29. The molecule has 1 heterocycles. The number of halogens is 1. The maximum Gasteiger partial charge on any atom is 0.242 e. The SMILES string of the molecule is CC(C)(N)c1cn(CC(=O)NCc2ccccc2Cl)nn1. The predicted octanol–water partition coefficient (Wildman–Crippen LogP) is 1.44. The number of rotatable bonds is 5. The summed E-state index contributed by atoms with van der Waals surface area (Å²) in [7, 11) is 0. The lowest BCUT2D eigenvalue weighted by molar-refractivity contribution is -0.122. The summed E-state index contributed by atoms with van der Waals surface area (Å²) in [5, 5.41) is 11.3. The second-order valence-electron chi connectivity index (χ2n) is 5.39. The number of hydrogen-bond donors (Lipinski definition) is 2. The normalized spacial score (nSPS) is 11.4. The molecule has 0 atom stereocenters. The predicted molar refractivity (Wildman–Crippen MR) is 80.5 cm³/mol. The Labute approximate surface area is 128 Å². The number of carbonyl (C=O) groups is 1. The molecule has 0 bridgehead atoms. The minimum atomic E-state index is -0.577. The van der Waals surface area contributed by atoms with Crippen LogP contribution in [0.1, 0.15) is 25.1 Å². The molecule has 0 saturated heterocycles. The van der Waals surface area contributed by atoms with Crippen molar-refractivity contribution in [3.05, 3.63) is 46.7 Å². The van der Waals surface area contributed by atoms with Crippen molar-refractivity contribution < 1.29 is 4.79 Å². The first-order valence-corrected chi connectivity index (χ1v) is 6.93. The highest BCUT2D eigenvalue weighted by Crippen LogP contribution is 2.14. The van der Waals surface area contributed by atoms with E-state index in [2.05, 4.69) is 15.6 Å². The Morgan fingerprint density at radius 3 is 2.76 bits per heavy atom. The molecule has 7 heteroatoms. The highest BCUT2D eigenvalue weighted by atomic mass is 35.5. The van der Waals surface area contributed by atoms with Crippen molar-refractivity contribution >= 4 is 17.5 Å². The van der Waals surface area contributed by atoms with Gasteiger partial charge in [0.25, 0.3) is 0 Å². The number of nitrogens with two attached hydrogens (primary N) is 1. The summed E-state index contributed by atoms with van der Waals surface area (Å²) in [5.41, 5.74) is 6.85. The first kappa shape index (κ1) is 15.5. The van der Waals surface area contributed by atoms with Crippen molar-refractivity contribution in [1.82, 2.24) is 20.3 Å². The Bertz CT molecular complexity index is 632. The van der Waals surface area contributed by atoms with Crippen LogP contribution in [-0.2, 0) is 23.4 Å². The Morgan fingerprint density at radius 1 is 1.43 bits per heavy atom. The number of amides is 1. The van der Waals surface area contributed by atoms with Gasteiger partial charge in [0.05, 0.1) is 11.7 Å². The van der Waals surface area contributed by atoms with Crippen LogP contribution < -0.4 is 11.1 Å². The molecule has 0 fully saturated rings. The van der Waals surface area contributed by atoms with Gasteiger partial charge < -0.3 is 11.1 Å². The van der Waals surface area contributed by atoms with E-state index in [0.717, 1.165) is 5.56 Å². The second kappa shape index (κ2) is 6.24. The van der Waals surface area contributed by atoms with Crippen LogP contribution in [0, 0.1) is 0 Å². The van der Waals surface area contributed by atoms with E-state index >= 15 is 0 Å². The molecule has 0 saturated carbocycles. The lowest BCUT2D eigenvalue weighted by atomic mass is 10.0. The van der Waals surface area contributed by atoms with Gasteiger partial charge in [-0.1, -0.05) is 35.0 Å². The topological polar surface area (TPSA) is 85.8 Å². The average molecular weight is 308 g/mol. The molecule has 1 amide bonds. The molecule has 0 aliphatic carbocycles. The second-order valence-corrected chi connectivity index (χ2v) is 5.80. The van der Waals surface area contributed by atoms with Gasteiger partial charge >= 0.3 is 0 Å². The smallest absolute Gasteiger partial charge is 0.242 e. The van der Waals surface area contributed by atoms with Gasteiger partial charge in [-0.25, -0.2) is 4.68 Å². The van der Waals surface area contributed by atoms with E-state index < -0.39 is 5.54 Å². The molecule has 21 heavy (non-hydrogen) atoms. The fourth-order valence-corrected chi connectivity index (χ4v) is 1.91. The number of benzene rings is 1.